The van der Waals surface area contributed by atoms with Crippen molar-refractivity contribution in [3.05, 3.63) is 12.4 Å². The van der Waals surface area contributed by atoms with Crippen LogP contribution in [0.25, 0.3) is 5.65 Å². The van der Waals surface area contributed by atoms with Crippen molar-refractivity contribution in [2.75, 3.05) is 18.0 Å². The van der Waals surface area contributed by atoms with Gasteiger partial charge in [-0.05, 0) is 16.3 Å². The van der Waals surface area contributed by atoms with Gasteiger partial charge < -0.3 is 10.0 Å². The summed E-state index contributed by atoms with van der Waals surface area (Å²) in [6.45, 7) is 4.51. The second-order valence-corrected chi connectivity index (χ2v) is 4.38. The van der Waals surface area contributed by atoms with Gasteiger partial charge in [0.15, 0.2) is 11.5 Å². The van der Waals surface area contributed by atoms with Gasteiger partial charge in [-0.2, -0.15) is 4.52 Å². The van der Waals surface area contributed by atoms with Gasteiger partial charge in [-0.1, -0.05) is 13.8 Å². The molecule has 8 nitrogen and oxygen atoms in total. The highest BCUT2D eigenvalue weighted by Gasteiger charge is 2.16. The van der Waals surface area contributed by atoms with E-state index >= 15 is 0 Å². The molecule has 2 aromatic heterocycles. The SMILES string of the molecule is CC(C)CN(CC(=O)O)c1cncc2nnnn12. The number of aliphatic carboxylic acids is 1. The second-order valence-electron chi connectivity index (χ2n) is 4.38. The van der Waals surface area contributed by atoms with Gasteiger partial charge in [0.05, 0.1) is 12.4 Å². The van der Waals surface area contributed by atoms with Crippen LogP contribution in [-0.2, 0) is 4.79 Å². The molecule has 0 aliphatic heterocycles. The van der Waals surface area contributed by atoms with E-state index in [4.69, 9.17) is 5.11 Å². The summed E-state index contributed by atoms with van der Waals surface area (Å²) in [7, 11) is 0. The number of carboxylic acids is 1. The van der Waals surface area contributed by atoms with Gasteiger partial charge in [-0.15, -0.1) is 5.10 Å². The molecular weight excluding hydrogens is 236 g/mol. The monoisotopic (exact) mass is 250 g/mol. The van der Waals surface area contributed by atoms with Crippen LogP contribution in [0.1, 0.15) is 13.8 Å². The topological polar surface area (TPSA) is 96.5 Å². The Hall–Kier alpha value is -2.25. The van der Waals surface area contributed by atoms with E-state index in [9.17, 15) is 4.79 Å². The highest BCUT2D eigenvalue weighted by molar-refractivity contribution is 5.73. The van der Waals surface area contributed by atoms with Crippen molar-refractivity contribution in [3.63, 3.8) is 0 Å². The maximum absolute atomic E-state index is 10.9. The third kappa shape index (κ3) is 2.53. The Balaban J connectivity index is 2.39. The van der Waals surface area contributed by atoms with Gasteiger partial charge >= 0.3 is 5.97 Å². The Bertz CT molecular complexity index is 552. The van der Waals surface area contributed by atoms with E-state index in [1.54, 1.807) is 11.1 Å². The summed E-state index contributed by atoms with van der Waals surface area (Å²) >= 11 is 0. The van der Waals surface area contributed by atoms with Crippen LogP contribution in [0.5, 0.6) is 0 Å². The zero-order valence-electron chi connectivity index (χ0n) is 10.2. The molecule has 0 spiro atoms. The Morgan fingerprint density at radius 2 is 2.28 bits per heavy atom. The first-order valence-corrected chi connectivity index (χ1v) is 5.56. The predicted octanol–water partition coefficient (Wildman–Crippen LogP) is 0.0663. The summed E-state index contributed by atoms with van der Waals surface area (Å²) in [5.41, 5.74) is 0.492. The van der Waals surface area contributed by atoms with Crippen molar-refractivity contribution < 1.29 is 9.90 Å². The molecule has 2 rings (SSSR count). The van der Waals surface area contributed by atoms with E-state index in [2.05, 4.69) is 20.5 Å². The summed E-state index contributed by atoms with van der Waals surface area (Å²) in [5.74, 6) is -0.00888. The first kappa shape index (κ1) is 12.2. The minimum Gasteiger partial charge on any atom is -0.480 e. The second kappa shape index (κ2) is 4.94. The Morgan fingerprint density at radius 1 is 1.50 bits per heavy atom. The zero-order chi connectivity index (χ0) is 13.1. The van der Waals surface area contributed by atoms with Crippen molar-refractivity contribution in [1.82, 2.24) is 25.0 Å². The third-order valence-electron chi connectivity index (χ3n) is 2.33. The number of carboxylic acid groups (broad SMARTS) is 1. The molecule has 0 aromatic carbocycles. The fraction of sp³-hybridized carbons (Fsp3) is 0.500. The number of hydrogen-bond donors (Lipinski definition) is 1. The molecule has 0 unspecified atom stereocenters. The standard InChI is InChI=1S/C10H14N6O2/c1-7(2)5-15(6-10(17)18)9-4-11-3-8-12-13-14-16(8)9/h3-4,7H,5-6H2,1-2H3,(H,17,18). The van der Waals surface area contributed by atoms with Gasteiger partial charge in [0.25, 0.3) is 0 Å². The van der Waals surface area contributed by atoms with Crippen molar-refractivity contribution in [1.29, 1.82) is 0 Å². The molecular formula is C10H14N6O2. The summed E-state index contributed by atoms with van der Waals surface area (Å²) in [6.07, 6.45) is 3.09. The van der Waals surface area contributed by atoms with Crippen molar-refractivity contribution >= 4 is 17.4 Å². The molecule has 0 aliphatic carbocycles. The molecule has 0 fully saturated rings. The minimum absolute atomic E-state index is 0.112. The molecule has 8 heteroatoms. The van der Waals surface area contributed by atoms with Gasteiger partial charge in [0.1, 0.15) is 6.54 Å². The predicted molar refractivity (Wildman–Crippen MR) is 63.3 cm³/mol. The van der Waals surface area contributed by atoms with Crippen LogP contribution in [0, 0.1) is 5.92 Å². The van der Waals surface area contributed by atoms with Crippen LogP contribution in [0.3, 0.4) is 0 Å². The lowest BCUT2D eigenvalue weighted by Crippen LogP contribution is -2.34. The molecule has 2 heterocycles. The average molecular weight is 250 g/mol. The lowest BCUT2D eigenvalue weighted by molar-refractivity contribution is -0.135. The molecule has 0 aliphatic rings. The average Bonchev–Trinajstić information content (AvgIpc) is 2.74. The number of aromatic nitrogens is 5. The number of carbonyl (C=O) groups is 1. The van der Waals surface area contributed by atoms with Crippen molar-refractivity contribution in [3.8, 4) is 0 Å². The summed E-state index contributed by atoms with van der Waals surface area (Å²) in [6, 6.07) is 0. The zero-order valence-corrected chi connectivity index (χ0v) is 10.2. The molecule has 2 aromatic rings. The number of tetrazole rings is 1. The number of nitrogens with zero attached hydrogens (tertiary/aromatic N) is 6. The van der Waals surface area contributed by atoms with Crippen LogP contribution >= 0.6 is 0 Å². The fourth-order valence-corrected chi connectivity index (χ4v) is 1.72. The van der Waals surface area contributed by atoms with Gasteiger partial charge in [-0.3, -0.25) is 9.78 Å². The molecule has 96 valence electrons. The van der Waals surface area contributed by atoms with E-state index < -0.39 is 5.97 Å². The number of hydrogen-bond acceptors (Lipinski definition) is 6. The van der Waals surface area contributed by atoms with Gasteiger partial charge in [-0.25, -0.2) is 0 Å². The van der Waals surface area contributed by atoms with Crippen LogP contribution < -0.4 is 4.90 Å². The molecule has 0 bridgehead atoms. The summed E-state index contributed by atoms with van der Waals surface area (Å²) in [4.78, 5) is 16.6. The highest BCUT2D eigenvalue weighted by atomic mass is 16.4. The highest BCUT2D eigenvalue weighted by Crippen LogP contribution is 2.14. The molecule has 0 radical (unpaired) electrons. The van der Waals surface area contributed by atoms with Crippen molar-refractivity contribution in [2.45, 2.75) is 13.8 Å². The lowest BCUT2D eigenvalue weighted by Gasteiger charge is -2.24. The molecule has 0 amide bonds. The molecule has 0 saturated heterocycles. The van der Waals surface area contributed by atoms with Crippen LogP contribution in [0.2, 0.25) is 0 Å². The van der Waals surface area contributed by atoms with E-state index in [1.807, 2.05) is 13.8 Å². The number of anilines is 1. The Kier molecular flexibility index (Phi) is 3.35. The maximum atomic E-state index is 10.9. The normalized spacial score (nSPS) is 11.1. The van der Waals surface area contributed by atoms with Crippen LogP contribution in [0.4, 0.5) is 5.82 Å². The van der Waals surface area contributed by atoms with E-state index in [0.717, 1.165) is 0 Å². The quantitative estimate of drug-likeness (QED) is 0.801. The number of rotatable bonds is 5. The lowest BCUT2D eigenvalue weighted by atomic mass is 10.2. The number of fused-ring (bicyclic) bond motifs is 1. The molecule has 0 atom stereocenters. The van der Waals surface area contributed by atoms with Crippen LogP contribution in [-0.4, -0.2) is 49.2 Å². The van der Waals surface area contributed by atoms with E-state index in [-0.39, 0.29) is 6.54 Å². The Morgan fingerprint density at radius 3 is 2.94 bits per heavy atom. The first-order chi connectivity index (χ1) is 8.58. The first-order valence-electron chi connectivity index (χ1n) is 5.56. The molecule has 1 N–H and O–H groups in total. The summed E-state index contributed by atoms with van der Waals surface area (Å²) in [5, 5.41) is 20.1. The van der Waals surface area contributed by atoms with Gasteiger partial charge in [0.2, 0.25) is 0 Å². The summed E-state index contributed by atoms with van der Waals surface area (Å²) < 4.78 is 1.48. The fourth-order valence-electron chi connectivity index (χ4n) is 1.72. The maximum Gasteiger partial charge on any atom is 0.323 e. The molecule has 0 saturated carbocycles. The van der Waals surface area contributed by atoms with Gasteiger partial charge in [0, 0.05) is 6.54 Å². The van der Waals surface area contributed by atoms with Crippen molar-refractivity contribution in [2.24, 2.45) is 5.92 Å². The minimum atomic E-state index is -0.902. The Labute approximate surface area is 103 Å². The van der Waals surface area contributed by atoms with E-state index in [0.29, 0.717) is 23.9 Å². The smallest absolute Gasteiger partial charge is 0.323 e. The van der Waals surface area contributed by atoms with E-state index in [1.165, 1.54) is 10.7 Å². The molecule has 18 heavy (non-hydrogen) atoms. The largest absolute Gasteiger partial charge is 0.480 e. The third-order valence-corrected chi connectivity index (χ3v) is 2.33. The van der Waals surface area contributed by atoms with Crippen LogP contribution in [0.15, 0.2) is 12.4 Å².